The minimum atomic E-state index is -3.72. The van der Waals surface area contributed by atoms with Crippen LogP contribution in [0.4, 0.5) is 5.69 Å². The molecule has 6 nitrogen and oxygen atoms in total. The Balaban J connectivity index is 1.94. The van der Waals surface area contributed by atoms with Crippen LogP contribution in [0.2, 0.25) is 0 Å². The maximum Gasteiger partial charge on any atom is 0.261 e. The molecule has 0 fully saturated rings. The number of nitrogens with one attached hydrogen (secondary N) is 1. The highest BCUT2D eigenvalue weighted by molar-refractivity contribution is 7.92. The van der Waals surface area contributed by atoms with Gasteiger partial charge >= 0.3 is 0 Å². The number of anilines is 1. The van der Waals surface area contributed by atoms with Crippen molar-refractivity contribution in [1.82, 2.24) is 0 Å². The lowest BCUT2D eigenvalue weighted by atomic mass is 9.92. The molecule has 0 spiro atoms. The number of fused-ring (bicyclic) bond motifs is 1. The molecule has 0 aromatic heterocycles. The van der Waals surface area contributed by atoms with Gasteiger partial charge in [-0.2, -0.15) is 0 Å². The van der Waals surface area contributed by atoms with E-state index >= 15 is 0 Å². The zero-order chi connectivity index (χ0) is 18.7. The molecule has 140 valence electrons. The summed E-state index contributed by atoms with van der Waals surface area (Å²) in [5.41, 5.74) is 2.70. The quantitative estimate of drug-likeness (QED) is 0.835. The number of benzene rings is 2. The number of aryl methyl sites for hydroxylation is 2. The Hall–Kier alpha value is -2.41. The van der Waals surface area contributed by atoms with Crippen LogP contribution in [0, 0.1) is 0 Å². The average molecular weight is 377 g/mol. The first-order valence-corrected chi connectivity index (χ1v) is 9.91. The molecule has 2 aromatic carbocycles. The molecule has 0 saturated heterocycles. The van der Waals surface area contributed by atoms with Gasteiger partial charge in [0.1, 0.15) is 0 Å². The second kappa shape index (κ2) is 7.45. The second-order valence-corrected chi connectivity index (χ2v) is 7.84. The number of ether oxygens (including phenoxy) is 3. The molecule has 2 aromatic rings. The molecule has 0 saturated carbocycles. The summed E-state index contributed by atoms with van der Waals surface area (Å²) in [6.07, 6.45) is 4.18. The molecule has 0 atom stereocenters. The van der Waals surface area contributed by atoms with Gasteiger partial charge in [0.05, 0.1) is 31.9 Å². The van der Waals surface area contributed by atoms with E-state index in [2.05, 4.69) is 4.72 Å². The molecular formula is C19H23NO5S. The van der Waals surface area contributed by atoms with Crippen molar-refractivity contribution < 1.29 is 22.6 Å². The highest BCUT2D eigenvalue weighted by Gasteiger charge is 2.20. The Labute approximate surface area is 154 Å². The summed E-state index contributed by atoms with van der Waals surface area (Å²) in [6.45, 7) is 0. The van der Waals surface area contributed by atoms with Crippen LogP contribution >= 0.6 is 0 Å². The third-order valence-corrected chi connectivity index (χ3v) is 5.93. The molecule has 0 aliphatic heterocycles. The van der Waals surface area contributed by atoms with Gasteiger partial charge in [-0.15, -0.1) is 0 Å². The molecule has 0 heterocycles. The van der Waals surface area contributed by atoms with Gasteiger partial charge < -0.3 is 14.2 Å². The molecule has 0 radical (unpaired) electrons. The van der Waals surface area contributed by atoms with E-state index in [1.165, 1.54) is 26.9 Å². The van der Waals surface area contributed by atoms with Gasteiger partial charge in [-0.05, 0) is 48.9 Å². The number of rotatable bonds is 6. The summed E-state index contributed by atoms with van der Waals surface area (Å²) in [5, 5.41) is 0. The highest BCUT2D eigenvalue weighted by Crippen LogP contribution is 2.40. The van der Waals surface area contributed by atoms with E-state index in [0.29, 0.717) is 22.9 Å². The summed E-state index contributed by atoms with van der Waals surface area (Å²) in [6, 6.07) is 8.48. The fourth-order valence-corrected chi connectivity index (χ4v) is 4.32. The Morgan fingerprint density at radius 2 is 1.46 bits per heavy atom. The van der Waals surface area contributed by atoms with Crippen LogP contribution in [0.25, 0.3) is 0 Å². The van der Waals surface area contributed by atoms with Crippen LogP contribution in [0.15, 0.2) is 35.2 Å². The van der Waals surface area contributed by atoms with E-state index in [4.69, 9.17) is 14.2 Å². The minimum absolute atomic E-state index is 0.256. The molecule has 26 heavy (non-hydrogen) atoms. The molecule has 1 aliphatic carbocycles. The van der Waals surface area contributed by atoms with Crippen molar-refractivity contribution in [3.63, 3.8) is 0 Å². The normalized spacial score (nSPS) is 13.7. The maximum absolute atomic E-state index is 12.8. The Kier molecular flexibility index (Phi) is 5.27. The first-order valence-electron chi connectivity index (χ1n) is 8.43. The predicted molar refractivity (Wildman–Crippen MR) is 100.0 cm³/mol. The Morgan fingerprint density at radius 3 is 2.04 bits per heavy atom. The summed E-state index contributed by atoms with van der Waals surface area (Å²) in [5.74, 6) is 1.18. The van der Waals surface area contributed by atoms with E-state index in [-0.39, 0.29) is 4.90 Å². The van der Waals surface area contributed by atoms with Crippen LogP contribution in [0.5, 0.6) is 17.2 Å². The third-order valence-electron chi connectivity index (χ3n) is 4.55. The molecule has 3 rings (SSSR count). The van der Waals surface area contributed by atoms with E-state index < -0.39 is 10.0 Å². The van der Waals surface area contributed by atoms with Gasteiger partial charge in [0, 0.05) is 12.1 Å². The number of hydrogen-bond donors (Lipinski definition) is 1. The van der Waals surface area contributed by atoms with Crippen LogP contribution in [0.3, 0.4) is 0 Å². The number of hydrogen-bond acceptors (Lipinski definition) is 5. The van der Waals surface area contributed by atoms with Gasteiger partial charge in [-0.25, -0.2) is 8.42 Å². The summed E-state index contributed by atoms with van der Waals surface area (Å²) in [7, 11) is 0.749. The lowest BCUT2D eigenvalue weighted by Crippen LogP contribution is -2.14. The van der Waals surface area contributed by atoms with Crippen LogP contribution in [-0.2, 0) is 22.9 Å². The van der Waals surface area contributed by atoms with Gasteiger partial charge in [-0.3, -0.25) is 4.72 Å². The fourth-order valence-electron chi connectivity index (χ4n) is 3.23. The first-order chi connectivity index (χ1) is 12.5. The molecule has 7 heteroatoms. The van der Waals surface area contributed by atoms with Crippen LogP contribution in [0.1, 0.15) is 24.0 Å². The second-order valence-electron chi connectivity index (χ2n) is 6.16. The van der Waals surface area contributed by atoms with E-state index in [1.54, 1.807) is 24.3 Å². The summed E-state index contributed by atoms with van der Waals surface area (Å²) < 4.78 is 44.0. The first kappa shape index (κ1) is 18.4. The topological polar surface area (TPSA) is 73.9 Å². The van der Waals surface area contributed by atoms with E-state index in [1.807, 2.05) is 6.07 Å². The zero-order valence-electron chi connectivity index (χ0n) is 15.2. The Morgan fingerprint density at radius 1 is 0.846 bits per heavy atom. The smallest absolute Gasteiger partial charge is 0.261 e. The fraction of sp³-hybridized carbons (Fsp3) is 0.368. The van der Waals surface area contributed by atoms with Crippen molar-refractivity contribution in [3.05, 3.63) is 41.5 Å². The van der Waals surface area contributed by atoms with Gasteiger partial charge in [0.2, 0.25) is 5.75 Å². The number of sulfonamides is 1. The van der Waals surface area contributed by atoms with Crippen molar-refractivity contribution in [1.29, 1.82) is 0 Å². The van der Waals surface area contributed by atoms with Crippen molar-refractivity contribution in [2.24, 2.45) is 0 Å². The molecular weight excluding hydrogens is 354 g/mol. The average Bonchev–Trinajstić information content (AvgIpc) is 2.66. The van der Waals surface area contributed by atoms with Gasteiger partial charge in [0.25, 0.3) is 10.0 Å². The predicted octanol–water partition coefficient (Wildman–Crippen LogP) is 3.39. The van der Waals surface area contributed by atoms with Crippen LogP contribution < -0.4 is 18.9 Å². The standard InChI is InChI=1S/C19H23NO5S/c1-23-17-11-15(12-18(24-2)19(17)25-3)20-26(21,22)16-9-8-13-6-4-5-7-14(13)10-16/h8-12,20H,4-7H2,1-3H3. The summed E-state index contributed by atoms with van der Waals surface area (Å²) >= 11 is 0. The highest BCUT2D eigenvalue weighted by atomic mass is 32.2. The van der Waals surface area contributed by atoms with Gasteiger partial charge in [0.15, 0.2) is 11.5 Å². The summed E-state index contributed by atoms with van der Waals surface area (Å²) in [4.78, 5) is 0.256. The maximum atomic E-state index is 12.8. The molecule has 0 unspecified atom stereocenters. The molecule has 1 aliphatic rings. The number of methoxy groups -OCH3 is 3. The minimum Gasteiger partial charge on any atom is -0.493 e. The monoisotopic (exact) mass is 377 g/mol. The van der Waals surface area contributed by atoms with Crippen LogP contribution in [-0.4, -0.2) is 29.7 Å². The zero-order valence-corrected chi connectivity index (χ0v) is 16.0. The molecule has 0 bridgehead atoms. The third kappa shape index (κ3) is 3.58. The molecule has 1 N–H and O–H groups in total. The van der Waals surface area contributed by atoms with Crippen molar-refractivity contribution >= 4 is 15.7 Å². The van der Waals surface area contributed by atoms with Gasteiger partial charge in [-0.1, -0.05) is 6.07 Å². The lowest BCUT2D eigenvalue weighted by Gasteiger charge is -2.18. The largest absolute Gasteiger partial charge is 0.493 e. The SMILES string of the molecule is COc1cc(NS(=O)(=O)c2ccc3c(c2)CCCC3)cc(OC)c1OC. The molecule has 0 amide bonds. The van der Waals surface area contributed by atoms with Crippen molar-refractivity contribution in [2.45, 2.75) is 30.6 Å². The lowest BCUT2D eigenvalue weighted by molar-refractivity contribution is 0.325. The van der Waals surface area contributed by atoms with E-state index in [9.17, 15) is 8.42 Å². The van der Waals surface area contributed by atoms with Crippen molar-refractivity contribution in [3.8, 4) is 17.2 Å². The van der Waals surface area contributed by atoms with E-state index in [0.717, 1.165) is 31.2 Å². The Bertz CT molecular complexity index is 883. The van der Waals surface area contributed by atoms with Crippen molar-refractivity contribution in [2.75, 3.05) is 26.1 Å².